The molecule has 0 aliphatic rings. The maximum Gasteiger partial charge on any atom is 0.0468 e. The van der Waals surface area contributed by atoms with Gasteiger partial charge in [0, 0.05) is 13.2 Å². The third-order valence-corrected chi connectivity index (χ3v) is 2.23. The van der Waals surface area contributed by atoms with Gasteiger partial charge in [-0.3, -0.25) is 0 Å². The molecule has 1 nitrogen and oxygen atoms in total. The third-order valence-electron chi connectivity index (χ3n) is 2.23. The van der Waals surface area contributed by atoms with Crippen molar-refractivity contribution < 1.29 is 4.74 Å². The lowest BCUT2D eigenvalue weighted by molar-refractivity contribution is 0.121. The van der Waals surface area contributed by atoms with Crippen molar-refractivity contribution in [3.63, 3.8) is 0 Å². The normalized spacial score (nSPS) is 13.2. The predicted molar refractivity (Wildman–Crippen MR) is 54.1 cm³/mol. The molecular formula is C11H23O. The fourth-order valence-corrected chi connectivity index (χ4v) is 1.41. The van der Waals surface area contributed by atoms with Crippen LogP contribution >= 0.6 is 0 Å². The van der Waals surface area contributed by atoms with Crippen LogP contribution in [0.15, 0.2) is 0 Å². The van der Waals surface area contributed by atoms with E-state index in [9.17, 15) is 0 Å². The predicted octanol–water partition coefficient (Wildman–Crippen LogP) is 3.44. The van der Waals surface area contributed by atoms with Gasteiger partial charge in [-0.05, 0) is 18.8 Å². The Morgan fingerprint density at radius 1 is 1.17 bits per heavy atom. The number of hydrogen-bond acceptors (Lipinski definition) is 1. The average Bonchev–Trinajstić information content (AvgIpc) is 2.10. The van der Waals surface area contributed by atoms with Gasteiger partial charge in [0.2, 0.25) is 0 Å². The van der Waals surface area contributed by atoms with E-state index >= 15 is 0 Å². The minimum atomic E-state index is 0.822. The van der Waals surface area contributed by atoms with Gasteiger partial charge in [-0.25, -0.2) is 0 Å². The van der Waals surface area contributed by atoms with Crippen LogP contribution in [0.4, 0.5) is 0 Å². The zero-order chi connectivity index (χ0) is 9.23. The number of ether oxygens (including phenoxy) is 1. The largest absolute Gasteiger partial charge is 0.381 e. The second kappa shape index (κ2) is 9.05. The monoisotopic (exact) mass is 171 g/mol. The fourth-order valence-electron chi connectivity index (χ4n) is 1.41. The van der Waals surface area contributed by atoms with Crippen LogP contribution in [0.1, 0.15) is 46.0 Å². The van der Waals surface area contributed by atoms with Gasteiger partial charge >= 0.3 is 0 Å². The van der Waals surface area contributed by atoms with Gasteiger partial charge in [0.05, 0.1) is 0 Å². The Labute approximate surface area is 77.5 Å². The van der Waals surface area contributed by atoms with E-state index in [0.29, 0.717) is 0 Å². The van der Waals surface area contributed by atoms with Gasteiger partial charge in [0.1, 0.15) is 0 Å². The summed E-state index contributed by atoms with van der Waals surface area (Å²) in [5.74, 6) is 0.875. The molecule has 0 aromatic heterocycles. The van der Waals surface area contributed by atoms with Crippen molar-refractivity contribution in [1.82, 2.24) is 0 Å². The molecule has 0 amide bonds. The maximum absolute atomic E-state index is 5.40. The van der Waals surface area contributed by atoms with Crippen molar-refractivity contribution in [3.05, 3.63) is 6.92 Å². The molecule has 0 heterocycles. The lowest BCUT2D eigenvalue weighted by atomic mass is 9.98. The summed E-state index contributed by atoms with van der Waals surface area (Å²) in [5.41, 5.74) is 0. The molecule has 1 unspecified atom stereocenters. The van der Waals surface area contributed by atoms with Gasteiger partial charge in [-0.1, -0.05) is 40.0 Å². The van der Waals surface area contributed by atoms with E-state index < -0.39 is 0 Å². The molecule has 1 atom stereocenters. The molecule has 1 heteroatoms. The smallest absolute Gasteiger partial charge is 0.0468 e. The SMILES string of the molecule is [CH2]CCOCCC(CC)CCC. The molecule has 0 spiro atoms. The van der Waals surface area contributed by atoms with Crippen molar-refractivity contribution >= 4 is 0 Å². The summed E-state index contributed by atoms with van der Waals surface area (Å²) in [6.07, 6.45) is 6.06. The van der Waals surface area contributed by atoms with Crippen LogP contribution in [0.25, 0.3) is 0 Å². The molecule has 0 saturated carbocycles. The van der Waals surface area contributed by atoms with Crippen LogP contribution in [0.5, 0.6) is 0 Å². The molecule has 0 aliphatic carbocycles. The zero-order valence-corrected chi connectivity index (χ0v) is 8.64. The standard InChI is InChI=1S/C11H23O/c1-4-7-11(6-3)8-10-12-9-5-2/h11H,2,4-10H2,1,3H3. The molecule has 1 radical (unpaired) electrons. The van der Waals surface area contributed by atoms with Crippen LogP contribution in [-0.4, -0.2) is 13.2 Å². The van der Waals surface area contributed by atoms with Crippen LogP contribution in [0.2, 0.25) is 0 Å². The summed E-state index contributed by atoms with van der Waals surface area (Å²) in [4.78, 5) is 0. The molecule has 0 N–H and O–H groups in total. The molecule has 0 aromatic carbocycles. The number of rotatable bonds is 8. The first kappa shape index (κ1) is 12.0. The van der Waals surface area contributed by atoms with Crippen molar-refractivity contribution in [1.29, 1.82) is 0 Å². The molecule has 0 rings (SSSR count). The van der Waals surface area contributed by atoms with Gasteiger partial charge in [0.25, 0.3) is 0 Å². The van der Waals surface area contributed by atoms with Crippen LogP contribution in [0, 0.1) is 12.8 Å². The Kier molecular flexibility index (Phi) is 9.02. The Morgan fingerprint density at radius 2 is 1.92 bits per heavy atom. The van der Waals surface area contributed by atoms with Gasteiger partial charge in [-0.2, -0.15) is 0 Å². The van der Waals surface area contributed by atoms with E-state index in [1.807, 2.05) is 0 Å². The summed E-state index contributed by atoms with van der Waals surface area (Å²) in [6.45, 7) is 10.00. The molecule has 73 valence electrons. The second-order valence-corrected chi connectivity index (χ2v) is 3.32. The van der Waals surface area contributed by atoms with Gasteiger partial charge < -0.3 is 4.74 Å². The quantitative estimate of drug-likeness (QED) is 0.508. The highest BCUT2D eigenvalue weighted by molar-refractivity contribution is 4.55. The Hall–Kier alpha value is -0.0400. The van der Waals surface area contributed by atoms with E-state index in [4.69, 9.17) is 4.74 Å². The fraction of sp³-hybridized carbons (Fsp3) is 0.909. The summed E-state index contributed by atoms with van der Waals surface area (Å²) in [5, 5.41) is 0. The van der Waals surface area contributed by atoms with E-state index in [2.05, 4.69) is 20.8 Å². The van der Waals surface area contributed by atoms with Crippen molar-refractivity contribution in [2.24, 2.45) is 5.92 Å². The second-order valence-electron chi connectivity index (χ2n) is 3.32. The van der Waals surface area contributed by atoms with E-state index in [1.54, 1.807) is 0 Å². The van der Waals surface area contributed by atoms with Crippen molar-refractivity contribution in [3.8, 4) is 0 Å². The summed E-state index contributed by atoms with van der Waals surface area (Å²) < 4.78 is 5.40. The molecule has 0 aliphatic heterocycles. The van der Waals surface area contributed by atoms with Crippen LogP contribution in [-0.2, 0) is 4.74 Å². The Bertz CT molecular complexity index is 81.1. The Morgan fingerprint density at radius 3 is 2.42 bits per heavy atom. The number of hydrogen-bond donors (Lipinski definition) is 0. The first-order valence-corrected chi connectivity index (χ1v) is 5.22. The molecule has 0 bridgehead atoms. The van der Waals surface area contributed by atoms with Gasteiger partial charge in [-0.15, -0.1) is 0 Å². The van der Waals surface area contributed by atoms with Gasteiger partial charge in [0.15, 0.2) is 0 Å². The summed E-state index contributed by atoms with van der Waals surface area (Å²) >= 11 is 0. The van der Waals surface area contributed by atoms with Crippen molar-refractivity contribution in [2.45, 2.75) is 46.0 Å². The van der Waals surface area contributed by atoms with E-state index in [0.717, 1.165) is 25.6 Å². The minimum absolute atomic E-state index is 0.822. The molecular weight excluding hydrogens is 148 g/mol. The van der Waals surface area contributed by atoms with Crippen LogP contribution < -0.4 is 0 Å². The van der Waals surface area contributed by atoms with Crippen molar-refractivity contribution in [2.75, 3.05) is 13.2 Å². The molecule has 0 saturated heterocycles. The van der Waals surface area contributed by atoms with Crippen LogP contribution in [0.3, 0.4) is 0 Å². The molecule has 0 aromatic rings. The highest BCUT2D eigenvalue weighted by Crippen LogP contribution is 2.14. The lowest BCUT2D eigenvalue weighted by Gasteiger charge is -2.12. The highest BCUT2D eigenvalue weighted by Gasteiger charge is 2.03. The summed E-state index contributed by atoms with van der Waals surface area (Å²) in [6, 6.07) is 0. The average molecular weight is 171 g/mol. The zero-order valence-electron chi connectivity index (χ0n) is 8.64. The lowest BCUT2D eigenvalue weighted by Crippen LogP contribution is -2.04. The molecule has 0 fully saturated rings. The molecule has 12 heavy (non-hydrogen) atoms. The Balaban J connectivity index is 3.19. The maximum atomic E-state index is 5.40. The first-order chi connectivity index (χ1) is 5.85. The third kappa shape index (κ3) is 6.66. The summed E-state index contributed by atoms with van der Waals surface area (Å²) in [7, 11) is 0. The van der Waals surface area contributed by atoms with E-state index in [1.165, 1.54) is 25.7 Å². The van der Waals surface area contributed by atoms with E-state index in [-0.39, 0.29) is 0 Å². The first-order valence-electron chi connectivity index (χ1n) is 5.22. The minimum Gasteiger partial charge on any atom is -0.381 e. The topological polar surface area (TPSA) is 9.23 Å². The highest BCUT2D eigenvalue weighted by atomic mass is 16.5.